The highest BCUT2D eigenvalue weighted by Crippen LogP contribution is 2.55. The molecule has 1 unspecified atom stereocenters. The lowest BCUT2D eigenvalue weighted by Crippen LogP contribution is -2.70. The van der Waals surface area contributed by atoms with Gasteiger partial charge in [0.1, 0.15) is 17.7 Å². The third-order valence-electron chi connectivity index (χ3n) is 6.79. The number of rotatable bonds is 3. The summed E-state index contributed by atoms with van der Waals surface area (Å²) in [5.41, 5.74) is -1.59. The molecule has 186 valence electrons. The van der Waals surface area contributed by atoms with Crippen molar-refractivity contribution in [3.05, 3.63) is 48.3 Å². The molecule has 14 heteroatoms. The zero-order valence-electron chi connectivity index (χ0n) is 19.2. The summed E-state index contributed by atoms with van der Waals surface area (Å²) in [4.78, 5) is 27.0. The highest BCUT2D eigenvalue weighted by atomic mass is 19.4. The summed E-state index contributed by atoms with van der Waals surface area (Å²) in [5, 5.41) is 14.7. The van der Waals surface area contributed by atoms with E-state index in [1.165, 1.54) is 23.2 Å². The summed E-state index contributed by atoms with van der Waals surface area (Å²) >= 11 is 0. The van der Waals surface area contributed by atoms with E-state index >= 15 is 0 Å². The second-order valence-electron chi connectivity index (χ2n) is 9.31. The number of urea groups is 1. The van der Waals surface area contributed by atoms with Gasteiger partial charge in [-0.1, -0.05) is 6.92 Å². The first-order valence-corrected chi connectivity index (χ1v) is 11.3. The first-order chi connectivity index (χ1) is 17.1. The van der Waals surface area contributed by atoms with E-state index in [0.29, 0.717) is 42.4 Å². The van der Waals surface area contributed by atoms with Crippen LogP contribution in [-0.4, -0.2) is 51.7 Å². The average molecular weight is 499 g/mol. The van der Waals surface area contributed by atoms with Crippen LogP contribution in [-0.2, 0) is 11.7 Å². The van der Waals surface area contributed by atoms with Gasteiger partial charge in [0.15, 0.2) is 5.65 Å². The third-order valence-corrected chi connectivity index (χ3v) is 6.79. The maximum absolute atomic E-state index is 13.8. The summed E-state index contributed by atoms with van der Waals surface area (Å²) in [6.45, 7) is 3.78. The molecule has 36 heavy (non-hydrogen) atoms. The Bertz CT molecular complexity index is 1480. The largest absolute Gasteiger partial charge is 0.423 e. The van der Waals surface area contributed by atoms with Crippen LogP contribution < -0.4 is 5.32 Å². The summed E-state index contributed by atoms with van der Waals surface area (Å²) in [6.07, 6.45) is 2.06. The quantitative estimate of drug-likeness (QED) is 0.451. The Morgan fingerprint density at radius 1 is 1.19 bits per heavy atom. The van der Waals surface area contributed by atoms with Crippen LogP contribution in [0.2, 0.25) is 0 Å². The van der Waals surface area contributed by atoms with Crippen molar-refractivity contribution in [2.45, 2.75) is 50.9 Å². The number of likely N-dealkylation sites (tertiary alicyclic amines) is 1. The fourth-order valence-electron chi connectivity index (χ4n) is 5.43. The predicted molar refractivity (Wildman–Crippen MR) is 117 cm³/mol. The monoisotopic (exact) mass is 499 g/mol. The maximum Gasteiger partial charge on any atom is 0.418 e. The lowest BCUT2D eigenvalue weighted by Gasteiger charge is -2.61. The number of amides is 2. The van der Waals surface area contributed by atoms with Gasteiger partial charge in [0.25, 0.3) is 0 Å². The molecule has 5 heterocycles. The first-order valence-electron chi connectivity index (χ1n) is 11.3. The minimum atomic E-state index is -4.69. The summed E-state index contributed by atoms with van der Waals surface area (Å²) < 4.78 is 48.4. The normalized spacial score (nSPS) is 23.5. The standard InChI is InChI=1S/C22H20F3N9O2/c1-11-3-13-6-21(5-11,19-32-31-12(2)36-19)34(13)20(35)30-17-4-14(15(7-27-17)22(23,24)25)16-9-33-18(8-26-16)28-10-29-33/h4,7-11,13H,3,5-6H2,1-2H3,(H,27,30,35)/t11-,13?,21+/m0/s1. The Morgan fingerprint density at radius 3 is 2.78 bits per heavy atom. The molecule has 2 amide bonds. The van der Waals surface area contributed by atoms with E-state index < -0.39 is 23.3 Å². The zero-order chi connectivity index (χ0) is 25.2. The van der Waals surface area contributed by atoms with E-state index in [-0.39, 0.29) is 23.1 Å². The number of pyridine rings is 1. The highest BCUT2D eigenvalue weighted by Gasteiger charge is 2.62. The highest BCUT2D eigenvalue weighted by molar-refractivity contribution is 5.91. The molecule has 1 saturated heterocycles. The van der Waals surface area contributed by atoms with Crippen LogP contribution in [0.1, 0.15) is 43.5 Å². The topological polar surface area (TPSA) is 127 Å². The smallest absolute Gasteiger partial charge is 0.418 e. The molecule has 1 aliphatic carbocycles. The summed E-state index contributed by atoms with van der Waals surface area (Å²) in [5.74, 6) is 1.06. The SMILES string of the molecule is Cc1nnc([C@]23CC(C[C@H](C)C2)N3C(=O)Nc2cc(-c3cn4ncnc4cn3)c(C(F)(F)F)cn2)o1. The number of fused-ring (bicyclic) bond motifs is 3. The lowest BCUT2D eigenvalue weighted by atomic mass is 9.64. The number of halogens is 3. The fraction of sp³-hybridized carbons (Fsp3) is 0.409. The first kappa shape index (κ1) is 22.4. The Labute approximate surface area is 201 Å². The van der Waals surface area contributed by atoms with E-state index in [0.717, 1.165) is 12.5 Å². The van der Waals surface area contributed by atoms with Crippen molar-refractivity contribution in [2.24, 2.45) is 5.92 Å². The average Bonchev–Trinajstić information content (AvgIpc) is 3.46. The Kier molecular flexibility index (Phi) is 4.78. The minimum Gasteiger partial charge on any atom is -0.423 e. The van der Waals surface area contributed by atoms with Gasteiger partial charge in [0.2, 0.25) is 11.8 Å². The molecule has 1 N–H and O–H groups in total. The molecule has 1 aliphatic heterocycles. The number of aromatic nitrogens is 7. The molecule has 6 rings (SSSR count). The van der Waals surface area contributed by atoms with E-state index in [2.05, 4.69) is 42.5 Å². The van der Waals surface area contributed by atoms with Crippen LogP contribution in [0.25, 0.3) is 16.9 Å². The second-order valence-corrected chi connectivity index (χ2v) is 9.31. The van der Waals surface area contributed by atoms with Crippen LogP contribution in [0.15, 0.2) is 35.4 Å². The van der Waals surface area contributed by atoms with Crippen molar-refractivity contribution in [1.82, 2.24) is 39.7 Å². The minimum absolute atomic E-state index is 0.00525. The number of nitrogens with zero attached hydrogens (tertiary/aromatic N) is 8. The van der Waals surface area contributed by atoms with Gasteiger partial charge in [0, 0.05) is 31.1 Å². The number of hydrogen-bond acceptors (Lipinski definition) is 8. The Hall–Kier alpha value is -4.10. The van der Waals surface area contributed by atoms with Crippen LogP contribution in [0.4, 0.5) is 23.8 Å². The Morgan fingerprint density at radius 2 is 2.03 bits per heavy atom. The van der Waals surface area contributed by atoms with E-state index in [1.54, 1.807) is 11.8 Å². The van der Waals surface area contributed by atoms with Gasteiger partial charge >= 0.3 is 12.2 Å². The molecule has 4 aromatic heterocycles. The molecule has 2 bridgehead atoms. The van der Waals surface area contributed by atoms with Crippen molar-refractivity contribution in [3.8, 4) is 11.3 Å². The number of carbonyl (C=O) groups is 1. The number of aryl methyl sites for hydroxylation is 1. The van der Waals surface area contributed by atoms with Gasteiger partial charge in [-0.2, -0.15) is 18.3 Å². The third kappa shape index (κ3) is 3.46. The van der Waals surface area contributed by atoms with E-state index in [4.69, 9.17) is 4.42 Å². The van der Waals surface area contributed by atoms with Crippen molar-refractivity contribution < 1.29 is 22.4 Å². The molecule has 0 spiro atoms. The molecule has 11 nitrogen and oxygen atoms in total. The summed E-state index contributed by atoms with van der Waals surface area (Å²) in [7, 11) is 0. The van der Waals surface area contributed by atoms with Crippen LogP contribution in [0, 0.1) is 12.8 Å². The lowest BCUT2D eigenvalue weighted by molar-refractivity contribution is -0.137. The van der Waals surface area contributed by atoms with Crippen molar-refractivity contribution in [3.63, 3.8) is 0 Å². The van der Waals surface area contributed by atoms with Crippen molar-refractivity contribution in [2.75, 3.05) is 5.32 Å². The summed E-state index contributed by atoms with van der Waals surface area (Å²) in [6, 6.07) is 0.617. The van der Waals surface area contributed by atoms with Gasteiger partial charge in [-0.15, -0.1) is 10.2 Å². The van der Waals surface area contributed by atoms with Crippen LogP contribution in [0.3, 0.4) is 0 Å². The molecule has 4 aromatic rings. The van der Waals surface area contributed by atoms with Gasteiger partial charge in [-0.25, -0.2) is 19.3 Å². The molecular formula is C22H20F3N9O2. The molecule has 0 radical (unpaired) electrons. The molecule has 1 saturated carbocycles. The molecule has 2 aliphatic rings. The second kappa shape index (κ2) is 7.70. The van der Waals surface area contributed by atoms with Crippen molar-refractivity contribution >= 4 is 17.5 Å². The number of nitrogens with one attached hydrogen (secondary N) is 1. The maximum atomic E-state index is 13.8. The van der Waals surface area contributed by atoms with Crippen LogP contribution >= 0.6 is 0 Å². The predicted octanol–water partition coefficient (Wildman–Crippen LogP) is 3.83. The molecule has 0 aromatic carbocycles. The Balaban J connectivity index is 1.34. The van der Waals surface area contributed by atoms with Crippen LogP contribution in [0.5, 0.6) is 0 Å². The zero-order valence-corrected chi connectivity index (χ0v) is 19.2. The van der Waals surface area contributed by atoms with Gasteiger partial charge in [-0.3, -0.25) is 10.3 Å². The number of piperidine rings is 1. The van der Waals surface area contributed by atoms with Gasteiger partial charge in [0.05, 0.1) is 23.7 Å². The fourth-order valence-corrected chi connectivity index (χ4v) is 5.43. The number of hydrogen-bond donors (Lipinski definition) is 1. The van der Waals surface area contributed by atoms with E-state index in [1.807, 2.05) is 0 Å². The van der Waals surface area contributed by atoms with E-state index in [9.17, 15) is 18.0 Å². The van der Waals surface area contributed by atoms with Gasteiger partial charge < -0.3 is 9.32 Å². The number of carbonyl (C=O) groups excluding carboxylic acids is 1. The van der Waals surface area contributed by atoms with Gasteiger partial charge in [-0.05, 0) is 24.8 Å². The number of anilines is 1. The molecule has 2 fully saturated rings. The molecular weight excluding hydrogens is 479 g/mol. The molecule has 3 atom stereocenters. The van der Waals surface area contributed by atoms with Crippen molar-refractivity contribution in [1.29, 1.82) is 0 Å². The number of alkyl halides is 3.